The SMILES string of the molecule is O=C(O)c1ccc(CN(C(=O)O[C@H]2CN3CCC2CC3)c2ccccc2O)s1. The van der Waals surface area contributed by atoms with Gasteiger partial charge >= 0.3 is 12.1 Å². The van der Waals surface area contributed by atoms with Crippen LogP contribution >= 0.6 is 11.3 Å². The van der Waals surface area contributed by atoms with Crippen molar-refractivity contribution < 1.29 is 24.5 Å². The number of aromatic hydroxyl groups is 1. The van der Waals surface area contributed by atoms with Crippen LogP contribution < -0.4 is 4.90 Å². The smallest absolute Gasteiger partial charge is 0.415 e. The molecule has 148 valence electrons. The van der Waals surface area contributed by atoms with Crippen LogP contribution in [0.15, 0.2) is 36.4 Å². The summed E-state index contributed by atoms with van der Waals surface area (Å²) in [7, 11) is 0. The quantitative estimate of drug-likeness (QED) is 0.797. The predicted molar refractivity (Wildman–Crippen MR) is 105 cm³/mol. The Morgan fingerprint density at radius 2 is 1.93 bits per heavy atom. The first-order chi connectivity index (χ1) is 13.5. The lowest BCUT2D eigenvalue weighted by Crippen LogP contribution is -2.53. The van der Waals surface area contributed by atoms with Gasteiger partial charge in [0.2, 0.25) is 0 Å². The molecule has 0 unspecified atom stereocenters. The molecule has 0 aliphatic carbocycles. The van der Waals surface area contributed by atoms with Crippen LogP contribution in [0, 0.1) is 5.92 Å². The fourth-order valence-corrected chi connectivity index (χ4v) is 4.75. The maximum atomic E-state index is 13.0. The van der Waals surface area contributed by atoms with E-state index >= 15 is 0 Å². The number of para-hydroxylation sites is 2. The molecule has 2 aromatic rings. The van der Waals surface area contributed by atoms with E-state index in [1.807, 2.05) is 0 Å². The maximum Gasteiger partial charge on any atom is 0.415 e. The van der Waals surface area contributed by atoms with Gasteiger partial charge in [0.15, 0.2) is 0 Å². The fourth-order valence-electron chi connectivity index (χ4n) is 3.91. The van der Waals surface area contributed by atoms with Gasteiger partial charge in [0, 0.05) is 11.4 Å². The summed E-state index contributed by atoms with van der Waals surface area (Å²) >= 11 is 1.11. The summed E-state index contributed by atoms with van der Waals surface area (Å²) in [5.41, 5.74) is 0.346. The maximum absolute atomic E-state index is 13.0. The molecule has 1 aromatic heterocycles. The Labute approximate surface area is 166 Å². The van der Waals surface area contributed by atoms with E-state index in [-0.39, 0.29) is 23.3 Å². The highest BCUT2D eigenvalue weighted by Gasteiger charge is 2.37. The molecule has 3 aliphatic rings. The van der Waals surface area contributed by atoms with Crippen LogP contribution in [0.5, 0.6) is 5.75 Å². The van der Waals surface area contributed by atoms with E-state index in [1.165, 1.54) is 17.0 Å². The normalized spacial score (nSPS) is 23.4. The molecule has 2 bridgehead atoms. The van der Waals surface area contributed by atoms with E-state index in [0.717, 1.165) is 43.8 Å². The molecule has 3 aliphatic heterocycles. The number of fused-ring (bicyclic) bond motifs is 3. The molecule has 0 radical (unpaired) electrons. The van der Waals surface area contributed by atoms with E-state index in [1.54, 1.807) is 24.3 Å². The van der Waals surface area contributed by atoms with Crippen molar-refractivity contribution in [1.29, 1.82) is 0 Å². The van der Waals surface area contributed by atoms with Crippen LogP contribution in [-0.4, -0.2) is 52.9 Å². The molecule has 0 spiro atoms. The molecule has 1 atom stereocenters. The van der Waals surface area contributed by atoms with Gasteiger partial charge in [-0.2, -0.15) is 0 Å². The third-order valence-corrected chi connectivity index (χ3v) is 6.49. The molecular formula is C20H22N2O5S. The second kappa shape index (κ2) is 7.81. The number of carbonyl (C=O) groups is 2. The second-order valence-electron chi connectivity index (χ2n) is 7.21. The highest BCUT2D eigenvalue weighted by molar-refractivity contribution is 7.13. The number of thiophene rings is 1. The van der Waals surface area contributed by atoms with Gasteiger partial charge in [-0.3, -0.25) is 9.80 Å². The molecule has 2 N–H and O–H groups in total. The Hall–Kier alpha value is -2.58. The van der Waals surface area contributed by atoms with Crippen molar-refractivity contribution in [2.75, 3.05) is 24.5 Å². The minimum Gasteiger partial charge on any atom is -0.506 e. The first-order valence-corrected chi connectivity index (χ1v) is 10.1. The van der Waals surface area contributed by atoms with Crippen LogP contribution in [0.4, 0.5) is 10.5 Å². The topological polar surface area (TPSA) is 90.3 Å². The average molecular weight is 402 g/mol. The molecular weight excluding hydrogens is 380 g/mol. The van der Waals surface area contributed by atoms with Gasteiger partial charge in [0.05, 0.1) is 12.2 Å². The van der Waals surface area contributed by atoms with Crippen LogP contribution in [0.3, 0.4) is 0 Å². The number of phenolic OH excluding ortho intramolecular Hbond substituents is 1. The van der Waals surface area contributed by atoms with Crippen molar-refractivity contribution in [2.24, 2.45) is 5.92 Å². The summed E-state index contributed by atoms with van der Waals surface area (Å²) in [6.45, 7) is 2.98. The number of amides is 1. The zero-order valence-corrected chi connectivity index (χ0v) is 16.1. The monoisotopic (exact) mass is 402 g/mol. The number of phenols is 1. The van der Waals surface area contributed by atoms with Crippen molar-refractivity contribution in [3.8, 4) is 5.75 Å². The molecule has 0 saturated carbocycles. The zero-order valence-electron chi connectivity index (χ0n) is 15.3. The van der Waals surface area contributed by atoms with E-state index in [0.29, 0.717) is 16.5 Å². The van der Waals surface area contributed by atoms with Gasteiger partial charge in [0.1, 0.15) is 16.7 Å². The van der Waals surface area contributed by atoms with Crippen LogP contribution in [0.2, 0.25) is 0 Å². The van der Waals surface area contributed by atoms with E-state index in [2.05, 4.69) is 4.90 Å². The number of benzene rings is 1. The fraction of sp³-hybridized carbons (Fsp3) is 0.400. The predicted octanol–water partition coefficient (Wildman–Crippen LogP) is 3.39. The van der Waals surface area contributed by atoms with Gasteiger partial charge in [0.25, 0.3) is 0 Å². The van der Waals surface area contributed by atoms with Gasteiger partial charge < -0.3 is 14.9 Å². The Balaban J connectivity index is 1.56. The Kier molecular flexibility index (Phi) is 5.23. The molecule has 4 heterocycles. The van der Waals surface area contributed by atoms with Gasteiger partial charge in [-0.15, -0.1) is 11.3 Å². The number of aromatic carboxylic acids is 1. The van der Waals surface area contributed by atoms with Crippen LogP contribution in [0.25, 0.3) is 0 Å². The number of hydrogen-bond donors (Lipinski definition) is 2. The average Bonchev–Trinajstić information content (AvgIpc) is 3.17. The molecule has 3 saturated heterocycles. The lowest BCUT2D eigenvalue weighted by Gasteiger charge is -2.44. The number of carboxylic acid groups (broad SMARTS) is 1. The van der Waals surface area contributed by atoms with Crippen molar-refractivity contribution in [2.45, 2.75) is 25.5 Å². The number of hydrogen-bond acceptors (Lipinski definition) is 6. The minimum atomic E-state index is -1.000. The number of carboxylic acids is 1. The Bertz CT molecular complexity index is 875. The molecule has 28 heavy (non-hydrogen) atoms. The molecule has 3 fully saturated rings. The van der Waals surface area contributed by atoms with E-state index < -0.39 is 12.1 Å². The molecule has 5 rings (SSSR count). The lowest BCUT2D eigenvalue weighted by atomic mass is 9.86. The van der Waals surface area contributed by atoms with Crippen molar-refractivity contribution >= 4 is 29.1 Å². The summed E-state index contributed by atoms with van der Waals surface area (Å²) in [4.78, 5) is 28.8. The summed E-state index contributed by atoms with van der Waals surface area (Å²) in [6, 6.07) is 9.79. The number of nitrogens with zero attached hydrogens (tertiary/aromatic N) is 2. The largest absolute Gasteiger partial charge is 0.506 e. The summed E-state index contributed by atoms with van der Waals surface area (Å²) in [5, 5.41) is 19.4. The lowest BCUT2D eigenvalue weighted by molar-refractivity contribution is -0.0311. The van der Waals surface area contributed by atoms with Crippen molar-refractivity contribution in [1.82, 2.24) is 4.90 Å². The number of piperidine rings is 3. The van der Waals surface area contributed by atoms with Gasteiger partial charge in [-0.25, -0.2) is 9.59 Å². The first kappa shape index (κ1) is 18.8. The van der Waals surface area contributed by atoms with Gasteiger partial charge in [-0.05, 0) is 56.1 Å². The second-order valence-corrected chi connectivity index (χ2v) is 8.37. The zero-order chi connectivity index (χ0) is 19.7. The van der Waals surface area contributed by atoms with Crippen molar-refractivity contribution in [3.63, 3.8) is 0 Å². The van der Waals surface area contributed by atoms with Crippen LogP contribution in [-0.2, 0) is 11.3 Å². The Morgan fingerprint density at radius 1 is 1.18 bits per heavy atom. The minimum absolute atomic E-state index is 0.0246. The number of ether oxygens (including phenoxy) is 1. The van der Waals surface area contributed by atoms with Crippen LogP contribution in [0.1, 0.15) is 27.4 Å². The van der Waals surface area contributed by atoms with E-state index in [4.69, 9.17) is 9.84 Å². The van der Waals surface area contributed by atoms with Crippen molar-refractivity contribution in [3.05, 3.63) is 46.2 Å². The summed E-state index contributed by atoms with van der Waals surface area (Å²) < 4.78 is 5.85. The molecule has 1 aromatic carbocycles. The highest BCUT2D eigenvalue weighted by Crippen LogP contribution is 2.33. The first-order valence-electron chi connectivity index (χ1n) is 9.32. The molecule has 1 amide bonds. The highest BCUT2D eigenvalue weighted by atomic mass is 32.1. The third-order valence-electron chi connectivity index (χ3n) is 5.43. The summed E-state index contributed by atoms with van der Waals surface area (Å²) in [5.74, 6) is -0.649. The summed E-state index contributed by atoms with van der Waals surface area (Å²) in [6.07, 6.45) is 1.38. The number of carbonyl (C=O) groups excluding carboxylic acids is 1. The van der Waals surface area contributed by atoms with Gasteiger partial charge in [-0.1, -0.05) is 12.1 Å². The Morgan fingerprint density at radius 3 is 2.54 bits per heavy atom. The third kappa shape index (κ3) is 3.83. The van der Waals surface area contributed by atoms with E-state index in [9.17, 15) is 14.7 Å². The molecule has 7 nitrogen and oxygen atoms in total. The molecule has 8 heteroatoms. The standard InChI is InChI=1S/C20H22N2O5S/c23-16-4-2-1-3-15(16)22(11-14-5-6-18(28-14)19(24)25)20(26)27-17-12-21-9-7-13(17)8-10-21/h1-6,13,17,23H,7-12H2,(H,24,25)/t17-/m0/s1. The number of anilines is 1. The number of rotatable bonds is 5.